The molecule has 2 amide bonds. The molecular formula is C18H21FN2O4. The number of carbonyl (C=O) groups is 1. The molecule has 3 N–H and O–H groups in total. The monoisotopic (exact) mass is 348 g/mol. The number of amides is 2. The molecule has 3 rings (SSSR count). The lowest BCUT2D eigenvalue weighted by atomic mass is 9.96. The molecule has 1 fully saturated rings. The topological polar surface area (TPSA) is 83.7 Å². The fraction of sp³-hybridized carbons (Fsp3) is 0.389. The molecule has 0 spiro atoms. The average molecular weight is 348 g/mol. The highest BCUT2D eigenvalue weighted by Gasteiger charge is 2.27. The summed E-state index contributed by atoms with van der Waals surface area (Å²) in [7, 11) is 0. The van der Waals surface area contributed by atoms with Gasteiger partial charge in [-0.05, 0) is 50.5 Å². The highest BCUT2D eigenvalue weighted by atomic mass is 19.1. The fourth-order valence-corrected chi connectivity index (χ4v) is 2.44. The number of nitrogens with one attached hydrogen (secondary N) is 2. The van der Waals surface area contributed by atoms with Crippen molar-refractivity contribution in [1.82, 2.24) is 5.32 Å². The Morgan fingerprint density at radius 2 is 2.24 bits per heavy atom. The minimum absolute atomic E-state index is 0.0578. The van der Waals surface area contributed by atoms with Crippen LogP contribution in [0.5, 0.6) is 5.75 Å². The second-order valence-corrected chi connectivity index (χ2v) is 6.37. The van der Waals surface area contributed by atoms with Crippen molar-refractivity contribution in [2.75, 3.05) is 11.9 Å². The van der Waals surface area contributed by atoms with E-state index in [4.69, 9.17) is 9.15 Å². The molecule has 0 radical (unpaired) electrons. The van der Waals surface area contributed by atoms with E-state index in [-0.39, 0.29) is 18.4 Å². The molecule has 2 aromatic rings. The summed E-state index contributed by atoms with van der Waals surface area (Å²) in [6.45, 7) is 1.47. The van der Waals surface area contributed by atoms with E-state index in [1.807, 2.05) is 0 Å². The Morgan fingerprint density at radius 1 is 1.44 bits per heavy atom. The number of furan rings is 1. The van der Waals surface area contributed by atoms with Crippen LogP contribution in [0.25, 0.3) is 0 Å². The van der Waals surface area contributed by atoms with Gasteiger partial charge in [0.05, 0.1) is 18.9 Å². The molecule has 1 saturated carbocycles. The number of rotatable bonds is 6. The zero-order valence-corrected chi connectivity index (χ0v) is 13.9. The zero-order chi connectivity index (χ0) is 17.9. The molecule has 134 valence electrons. The Hall–Kier alpha value is -2.54. The Balaban J connectivity index is 1.53. The quantitative estimate of drug-likeness (QED) is 0.747. The molecule has 1 heterocycles. The van der Waals surface area contributed by atoms with E-state index in [1.54, 1.807) is 18.2 Å². The highest BCUT2D eigenvalue weighted by Crippen LogP contribution is 2.28. The van der Waals surface area contributed by atoms with Crippen LogP contribution in [0.15, 0.2) is 41.0 Å². The maximum atomic E-state index is 14.0. The van der Waals surface area contributed by atoms with Crippen molar-refractivity contribution in [3.05, 3.63) is 48.2 Å². The van der Waals surface area contributed by atoms with Crippen LogP contribution in [-0.2, 0) is 5.60 Å². The zero-order valence-electron chi connectivity index (χ0n) is 13.9. The van der Waals surface area contributed by atoms with Crippen LogP contribution >= 0.6 is 0 Å². The van der Waals surface area contributed by atoms with Crippen molar-refractivity contribution >= 4 is 11.7 Å². The third kappa shape index (κ3) is 4.30. The van der Waals surface area contributed by atoms with Gasteiger partial charge in [0.2, 0.25) is 0 Å². The lowest BCUT2D eigenvalue weighted by Gasteiger charge is -2.26. The van der Waals surface area contributed by atoms with E-state index in [0.717, 1.165) is 19.3 Å². The Morgan fingerprint density at radius 3 is 2.84 bits per heavy atom. The summed E-state index contributed by atoms with van der Waals surface area (Å²) in [5.74, 6) is 0.0139. The van der Waals surface area contributed by atoms with Gasteiger partial charge in [-0.25, -0.2) is 9.18 Å². The number of halogens is 1. The second kappa shape index (κ2) is 7.14. The molecular weight excluding hydrogens is 327 g/mol. The minimum Gasteiger partial charge on any atom is -0.487 e. The van der Waals surface area contributed by atoms with Crippen molar-refractivity contribution in [2.45, 2.75) is 37.9 Å². The van der Waals surface area contributed by atoms with Gasteiger partial charge in [0.25, 0.3) is 0 Å². The van der Waals surface area contributed by atoms with Crippen molar-refractivity contribution < 1.29 is 23.4 Å². The number of anilines is 1. The highest BCUT2D eigenvalue weighted by molar-refractivity contribution is 5.89. The molecule has 25 heavy (non-hydrogen) atoms. The molecule has 1 aliphatic carbocycles. The van der Waals surface area contributed by atoms with Gasteiger partial charge in [0.1, 0.15) is 11.4 Å². The predicted octanol–water partition coefficient (Wildman–Crippen LogP) is 3.38. The van der Waals surface area contributed by atoms with E-state index in [2.05, 4.69) is 10.6 Å². The maximum Gasteiger partial charge on any atom is 0.319 e. The van der Waals surface area contributed by atoms with Gasteiger partial charge in [-0.1, -0.05) is 0 Å². The van der Waals surface area contributed by atoms with Crippen LogP contribution in [0.1, 0.15) is 31.9 Å². The standard InChI is InChI=1S/C18H21FN2O4/c1-18(23,16-6-3-9-24-16)11-20-17(22)21-12-7-8-15(14(19)10-12)25-13-4-2-5-13/h3,6-10,13,23H,2,4-5,11H2,1H3,(H2,20,21,22). The molecule has 7 heteroatoms. The SMILES string of the molecule is CC(O)(CNC(=O)Nc1ccc(OC2CCC2)c(F)c1)c1ccco1. The summed E-state index contributed by atoms with van der Waals surface area (Å²) in [6, 6.07) is 7.00. The molecule has 6 nitrogen and oxygen atoms in total. The molecule has 1 aromatic heterocycles. The first-order valence-corrected chi connectivity index (χ1v) is 8.21. The Bertz CT molecular complexity index is 727. The molecule has 1 atom stereocenters. The van der Waals surface area contributed by atoms with Crippen LogP contribution in [0, 0.1) is 5.82 Å². The van der Waals surface area contributed by atoms with Crippen LogP contribution in [0.2, 0.25) is 0 Å². The van der Waals surface area contributed by atoms with Crippen molar-refractivity contribution in [2.24, 2.45) is 0 Å². The summed E-state index contributed by atoms with van der Waals surface area (Å²) in [6.07, 6.45) is 4.52. The van der Waals surface area contributed by atoms with Gasteiger partial charge in [-0.15, -0.1) is 0 Å². The number of carbonyl (C=O) groups excluding carboxylic acids is 1. The van der Waals surface area contributed by atoms with Gasteiger partial charge >= 0.3 is 6.03 Å². The first-order chi connectivity index (χ1) is 11.9. The van der Waals surface area contributed by atoms with Gasteiger partial charge in [-0.2, -0.15) is 0 Å². The molecule has 1 unspecified atom stereocenters. The first-order valence-electron chi connectivity index (χ1n) is 8.21. The molecule has 0 bridgehead atoms. The summed E-state index contributed by atoms with van der Waals surface area (Å²) < 4.78 is 24.7. The van der Waals surface area contributed by atoms with E-state index in [0.29, 0.717) is 11.4 Å². The normalized spacial score (nSPS) is 16.6. The average Bonchev–Trinajstić information content (AvgIpc) is 3.06. The smallest absolute Gasteiger partial charge is 0.319 e. The predicted molar refractivity (Wildman–Crippen MR) is 90.0 cm³/mol. The second-order valence-electron chi connectivity index (χ2n) is 6.37. The molecule has 0 aliphatic heterocycles. The summed E-state index contributed by atoms with van der Waals surface area (Å²) in [4.78, 5) is 11.9. The van der Waals surface area contributed by atoms with E-state index >= 15 is 0 Å². The number of urea groups is 1. The Kier molecular flexibility index (Phi) is 4.94. The van der Waals surface area contributed by atoms with Crippen molar-refractivity contribution in [3.63, 3.8) is 0 Å². The fourth-order valence-electron chi connectivity index (χ4n) is 2.44. The summed E-state index contributed by atoms with van der Waals surface area (Å²) >= 11 is 0. The number of aliphatic hydroxyl groups is 1. The van der Waals surface area contributed by atoms with Gasteiger partial charge < -0.3 is 24.9 Å². The number of ether oxygens (including phenoxy) is 1. The van der Waals surface area contributed by atoms with Crippen LogP contribution in [-0.4, -0.2) is 23.8 Å². The van der Waals surface area contributed by atoms with E-state index < -0.39 is 17.4 Å². The van der Waals surface area contributed by atoms with Gasteiger partial charge in [0.15, 0.2) is 11.6 Å². The molecule has 1 aromatic carbocycles. The lowest BCUT2D eigenvalue weighted by Crippen LogP contribution is -2.40. The third-order valence-electron chi connectivity index (χ3n) is 4.18. The number of hydrogen-bond donors (Lipinski definition) is 3. The lowest BCUT2D eigenvalue weighted by molar-refractivity contribution is 0.0372. The molecule has 1 aliphatic rings. The van der Waals surface area contributed by atoms with Gasteiger partial charge in [-0.3, -0.25) is 0 Å². The summed E-state index contributed by atoms with van der Waals surface area (Å²) in [5.41, 5.74) is -1.04. The number of benzene rings is 1. The minimum atomic E-state index is -1.34. The van der Waals surface area contributed by atoms with Crippen molar-refractivity contribution in [1.29, 1.82) is 0 Å². The largest absolute Gasteiger partial charge is 0.487 e. The number of hydrogen-bond acceptors (Lipinski definition) is 4. The summed E-state index contributed by atoms with van der Waals surface area (Å²) in [5, 5.41) is 15.3. The van der Waals surface area contributed by atoms with Crippen LogP contribution in [0.3, 0.4) is 0 Å². The van der Waals surface area contributed by atoms with E-state index in [9.17, 15) is 14.3 Å². The maximum absolute atomic E-state index is 14.0. The third-order valence-corrected chi connectivity index (χ3v) is 4.18. The van der Waals surface area contributed by atoms with Crippen molar-refractivity contribution in [3.8, 4) is 5.75 Å². The van der Waals surface area contributed by atoms with Crippen LogP contribution < -0.4 is 15.4 Å². The van der Waals surface area contributed by atoms with Crippen LogP contribution in [0.4, 0.5) is 14.9 Å². The molecule has 0 saturated heterocycles. The van der Waals surface area contributed by atoms with E-state index in [1.165, 1.54) is 25.3 Å². The first kappa shape index (κ1) is 17.3. The van der Waals surface area contributed by atoms with Gasteiger partial charge in [0, 0.05) is 11.8 Å². The Labute approximate surface area is 145 Å².